The zero-order valence-corrected chi connectivity index (χ0v) is 14.4. The van der Waals surface area contributed by atoms with Crippen molar-refractivity contribution in [2.45, 2.75) is 51.7 Å². The Hall–Kier alpha value is -1.59. The number of carbonyl (C=O) groups excluding carboxylic acids is 1. The van der Waals surface area contributed by atoms with Gasteiger partial charge in [0.05, 0.1) is 23.4 Å². The zero-order chi connectivity index (χ0) is 16.9. The molecule has 0 aliphatic carbocycles. The van der Waals surface area contributed by atoms with Crippen LogP contribution in [-0.2, 0) is 14.0 Å². The summed E-state index contributed by atoms with van der Waals surface area (Å²) in [5, 5.41) is 0. The van der Waals surface area contributed by atoms with Gasteiger partial charge in [0.25, 0.3) is 0 Å². The number of unbranched alkanes of at least 4 members (excludes halogenated alkanes) is 1. The number of ether oxygens (including phenoxy) is 1. The van der Waals surface area contributed by atoms with E-state index < -0.39 is 0 Å². The molecule has 0 saturated carbocycles. The average Bonchev–Trinajstić information content (AvgIpc) is 2.71. The van der Waals surface area contributed by atoms with E-state index in [1.165, 1.54) is 0 Å². The Morgan fingerprint density at radius 3 is 2.35 bits per heavy atom. The van der Waals surface area contributed by atoms with Crippen LogP contribution >= 0.6 is 0 Å². The van der Waals surface area contributed by atoms with Crippen LogP contribution in [0.2, 0.25) is 0 Å². The molecular formula is C18H25BO4. The van der Waals surface area contributed by atoms with E-state index in [4.69, 9.17) is 14.0 Å². The summed E-state index contributed by atoms with van der Waals surface area (Å²) in [6, 6.07) is 9.02. The minimum absolute atomic E-state index is 0.277. The van der Waals surface area contributed by atoms with Gasteiger partial charge in [-0.3, -0.25) is 0 Å². The lowest BCUT2D eigenvalue weighted by atomic mass is 9.89. The van der Waals surface area contributed by atoms with Crippen molar-refractivity contribution in [3.8, 4) is 0 Å². The van der Waals surface area contributed by atoms with Gasteiger partial charge in [-0.05, 0) is 52.7 Å². The van der Waals surface area contributed by atoms with E-state index in [2.05, 4.69) is 0 Å². The molecule has 1 aliphatic heterocycles. The predicted octanol–water partition coefficient (Wildman–Crippen LogP) is 3.81. The Kier molecular flexibility index (Phi) is 5.66. The summed E-state index contributed by atoms with van der Waals surface area (Å²) in [5.74, 6) is 1.65. The van der Waals surface area contributed by atoms with E-state index in [1.54, 1.807) is 12.1 Å². The summed E-state index contributed by atoms with van der Waals surface area (Å²) in [7, 11) is -0.313. The maximum absolute atomic E-state index is 11.7. The molecule has 4 nitrogen and oxygen atoms in total. The second-order valence-corrected chi connectivity index (χ2v) is 6.70. The van der Waals surface area contributed by atoms with Crippen molar-refractivity contribution in [3.05, 3.63) is 47.9 Å². The highest BCUT2D eigenvalue weighted by Gasteiger charge is 2.49. The van der Waals surface area contributed by atoms with Crippen LogP contribution in [0.25, 0.3) is 0 Å². The molecule has 124 valence electrons. The Bertz CT molecular complexity index is 535. The van der Waals surface area contributed by atoms with Crippen molar-refractivity contribution in [2.75, 3.05) is 6.61 Å². The highest BCUT2D eigenvalue weighted by molar-refractivity contribution is 6.51. The number of allylic oxidation sites excluding steroid dienone is 1. The number of benzene rings is 1. The third kappa shape index (κ3) is 4.69. The van der Waals surface area contributed by atoms with Gasteiger partial charge in [0, 0.05) is 0 Å². The third-order valence-corrected chi connectivity index (χ3v) is 4.32. The summed E-state index contributed by atoms with van der Waals surface area (Å²) in [6.45, 7) is 8.53. The molecule has 1 aromatic rings. The fourth-order valence-electron chi connectivity index (χ4n) is 2.20. The lowest BCUT2D eigenvalue weighted by Gasteiger charge is -2.32. The molecule has 2 rings (SSSR count). The Morgan fingerprint density at radius 2 is 1.74 bits per heavy atom. The van der Waals surface area contributed by atoms with Gasteiger partial charge in [-0.25, -0.2) is 4.79 Å². The van der Waals surface area contributed by atoms with Gasteiger partial charge in [0.1, 0.15) is 0 Å². The van der Waals surface area contributed by atoms with E-state index >= 15 is 0 Å². The van der Waals surface area contributed by atoms with Crippen molar-refractivity contribution in [2.24, 2.45) is 0 Å². The summed E-state index contributed by atoms with van der Waals surface area (Å²) >= 11 is 0. The standard InChI is InChI=1S/C18H25BO4/c1-17(2)18(3,4)23-19(22-17)13-9-6-10-14-21-16(20)15-11-7-5-8-12-15/h5,7-9,11-13H,6,10,14H2,1-4H3/b13-9+. The van der Waals surface area contributed by atoms with Crippen LogP contribution in [0.15, 0.2) is 42.4 Å². The normalized spacial score (nSPS) is 19.2. The molecule has 0 N–H and O–H groups in total. The first kappa shape index (κ1) is 17.8. The molecular weight excluding hydrogens is 291 g/mol. The molecule has 0 spiro atoms. The van der Waals surface area contributed by atoms with E-state index in [0.29, 0.717) is 12.2 Å². The monoisotopic (exact) mass is 316 g/mol. The molecule has 0 bridgehead atoms. The number of hydrogen-bond donors (Lipinski definition) is 0. The van der Waals surface area contributed by atoms with Crippen molar-refractivity contribution < 1.29 is 18.8 Å². The van der Waals surface area contributed by atoms with Crippen molar-refractivity contribution in [1.29, 1.82) is 0 Å². The molecule has 0 amide bonds. The number of hydrogen-bond acceptors (Lipinski definition) is 4. The molecule has 1 aromatic carbocycles. The highest BCUT2D eigenvalue weighted by atomic mass is 16.7. The van der Waals surface area contributed by atoms with E-state index in [9.17, 15) is 4.79 Å². The first-order chi connectivity index (χ1) is 10.8. The van der Waals surface area contributed by atoms with Gasteiger partial charge in [0.2, 0.25) is 0 Å². The quantitative estimate of drug-likeness (QED) is 0.455. The van der Waals surface area contributed by atoms with Gasteiger partial charge in [0.15, 0.2) is 0 Å². The van der Waals surface area contributed by atoms with Crippen LogP contribution in [0.3, 0.4) is 0 Å². The largest absolute Gasteiger partial charge is 0.486 e. The minimum atomic E-state index is -0.313. The van der Waals surface area contributed by atoms with Gasteiger partial charge in [-0.2, -0.15) is 0 Å². The van der Waals surface area contributed by atoms with Gasteiger partial charge < -0.3 is 14.0 Å². The van der Waals surface area contributed by atoms with Crippen LogP contribution in [0, 0.1) is 0 Å². The molecule has 1 fully saturated rings. The molecule has 23 heavy (non-hydrogen) atoms. The predicted molar refractivity (Wildman–Crippen MR) is 91.2 cm³/mol. The molecule has 0 radical (unpaired) electrons. The molecule has 1 aliphatic rings. The molecule has 5 heteroatoms. The number of rotatable bonds is 6. The minimum Gasteiger partial charge on any atom is -0.462 e. The second-order valence-electron chi connectivity index (χ2n) is 6.70. The molecule has 0 unspecified atom stereocenters. The Labute approximate surface area is 139 Å². The summed E-state index contributed by atoms with van der Waals surface area (Å²) in [6.07, 6.45) is 3.60. The maximum Gasteiger partial charge on any atom is 0.486 e. The van der Waals surface area contributed by atoms with E-state index in [-0.39, 0.29) is 24.3 Å². The van der Waals surface area contributed by atoms with Gasteiger partial charge >= 0.3 is 13.1 Å². The Morgan fingerprint density at radius 1 is 1.13 bits per heavy atom. The van der Waals surface area contributed by atoms with Crippen LogP contribution in [-0.4, -0.2) is 30.9 Å². The van der Waals surface area contributed by atoms with Crippen molar-refractivity contribution in [3.63, 3.8) is 0 Å². The lowest BCUT2D eigenvalue weighted by Crippen LogP contribution is -2.41. The highest BCUT2D eigenvalue weighted by Crippen LogP contribution is 2.36. The van der Waals surface area contributed by atoms with E-state index in [0.717, 1.165) is 12.8 Å². The Balaban J connectivity index is 1.66. The van der Waals surface area contributed by atoms with Crippen LogP contribution in [0.4, 0.5) is 0 Å². The average molecular weight is 316 g/mol. The molecule has 1 saturated heterocycles. The van der Waals surface area contributed by atoms with Crippen molar-refractivity contribution >= 4 is 13.1 Å². The SMILES string of the molecule is CC1(C)OB(/C=C/CCCOC(=O)c2ccccc2)OC1(C)C. The van der Waals surface area contributed by atoms with Gasteiger partial charge in [-0.1, -0.05) is 30.3 Å². The van der Waals surface area contributed by atoms with Crippen LogP contribution in [0.5, 0.6) is 0 Å². The number of esters is 1. The van der Waals surface area contributed by atoms with E-state index in [1.807, 2.05) is 57.9 Å². The molecule has 1 heterocycles. The van der Waals surface area contributed by atoms with Gasteiger partial charge in [-0.15, -0.1) is 0 Å². The first-order valence-electron chi connectivity index (χ1n) is 8.06. The summed E-state index contributed by atoms with van der Waals surface area (Å²) in [5.41, 5.74) is -0.0410. The zero-order valence-electron chi connectivity index (χ0n) is 14.4. The van der Waals surface area contributed by atoms with Crippen LogP contribution in [0.1, 0.15) is 50.9 Å². The molecule has 0 aromatic heterocycles. The second kappa shape index (κ2) is 7.32. The van der Waals surface area contributed by atoms with Crippen LogP contribution < -0.4 is 0 Å². The smallest absolute Gasteiger partial charge is 0.462 e. The third-order valence-electron chi connectivity index (χ3n) is 4.32. The molecule has 0 atom stereocenters. The fourth-order valence-corrected chi connectivity index (χ4v) is 2.20. The van der Waals surface area contributed by atoms with Crippen molar-refractivity contribution in [1.82, 2.24) is 0 Å². The fraction of sp³-hybridized carbons (Fsp3) is 0.500. The lowest BCUT2D eigenvalue weighted by molar-refractivity contribution is 0.00578. The number of carbonyl (C=O) groups is 1. The maximum atomic E-state index is 11.7. The summed E-state index contributed by atoms with van der Waals surface area (Å²) < 4.78 is 17.0. The first-order valence-corrected chi connectivity index (χ1v) is 8.06. The summed E-state index contributed by atoms with van der Waals surface area (Å²) in [4.78, 5) is 11.7. The topological polar surface area (TPSA) is 44.8 Å².